The Morgan fingerprint density at radius 1 is 1.38 bits per heavy atom. The van der Waals surface area contributed by atoms with E-state index in [-0.39, 0.29) is 0 Å². The van der Waals surface area contributed by atoms with Crippen molar-refractivity contribution in [3.63, 3.8) is 0 Å². The number of aromatic nitrogens is 1. The molecule has 3 N–H and O–H groups in total. The second-order valence-corrected chi connectivity index (χ2v) is 4.48. The second kappa shape index (κ2) is 4.99. The summed E-state index contributed by atoms with van der Waals surface area (Å²) >= 11 is 1.72. The van der Waals surface area contributed by atoms with Gasteiger partial charge in [0.1, 0.15) is 5.82 Å². The average molecular weight is 233 g/mol. The number of nitrogen functional groups attached to an aromatic ring is 1. The molecule has 0 atom stereocenters. The van der Waals surface area contributed by atoms with E-state index >= 15 is 0 Å². The molecule has 0 aliphatic rings. The summed E-state index contributed by atoms with van der Waals surface area (Å²) in [7, 11) is 0. The van der Waals surface area contributed by atoms with Gasteiger partial charge in [-0.2, -0.15) is 11.3 Å². The Kier molecular flexibility index (Phi) is 3.41. The smallest absolute Gasteiger partial charge is 0.149 e. The first kappa shape index (κ1) is 11.0. The molecule has 0 aliphatic heterocycles. The van der Waals surface area contributed by atoms with Gasteiger partial charge in [-0.05, 0) is 47.9 Å². The minimum atomic E-state index is 0.705. The molecule has 4 heteroatoms. The zero-order chi connectivity index (χ0) is 11.4. The predicted molar refractivity (Wildman–Crippen MR) is 69.9 cm³/mol. The van der Waals surface area contributed by atoms with Crippen LogP contribution in [0.2, 0.25) is 0 Å². The van der Waals surface area contributed by atoms with E-state index < -0.39 is 0 Å². The van der Waals surface area contributed by atoms with Crippen molar-refractivity contribution in [2.75, 3.05) is 17.6 Å². The maximum absolute atomic E-state index is 5.83. The van der Waals surface area contributed by atoms with Crippen LogP contribution in [0.3, 0.4) is 0 Å². The monoisotopic (exact) mass is 233 g/mol. The highest BCUT2D eigenvalue weighted by atomic mass is 32.1. The molecule has 0 radical (unpaired) electrons. The zero-order valence-electron chi connectivity index (χ0n) is 9.23. The van der Waals surface area contributed by atoms with E-state index in [4.69, 9.17) is 5.73 Å². The summed E-state index contributed by atoms with van der Waals surface area (Å²) in [4.78, 5) is 4.36. The lowest BCUT2D eigenvalue weighted by Crippen LogP contribution is -2.08. The molecular formula is C12H15N3S. The summed E-state index contributed by atoms with van der Waals surface area (Å²) in [5.74, 6) is 0.787. The Morgan fingerprint density at radius 2 is 2.25 bits per heavy atom. The van der Waals surface area contributed by atoms with Crippen molar-refractivity contribution in [3.05, 3.63) is 40.2 Å². The summed E-state index contributed by atoms with van der Waals surface area (Å²) in [5.41, 5.74) is 8.86. The highest BCUT2D eigenvalue weighted by Gasteiger charge is 2.00. The van der Waals surface area contributed by atoms with Crippen LogP contribution in [0.25, 0.3) is 0 Å². The molecule has 2 aromatic rings. The van der Waals surface area contributed by atoms with Gasteiger partial charge >= 0.3 is 0 Å². The number of hydrogen-bond donors (Lipinski definition) is 2. The van der Waals surface area contributed by atoms with E-state index in [1.54, 1.807) is 11.3 Å². The van der Waals surface area contributed by atoms with Crippen LogP contribution in [0.15, 0.2) is 29.0 Å². The van der Waals surface area contributed by atoms with Crippen LogP contribution in [0.1, 0.15) is 11.3 Å². The SMILES string of the molecule is Cc1ccc(N)c(NCCc2ccsc2)n1. The van der Waals surface area contributed by atoms with Crippen molar-refractivity contribution in [1.82, 2.24) is 4.98 Å². The standard InChI is InChI=1S/C12H15N3S/c1-9-2-3-11(13)12(15-9)14-6-4-10-5-7-16-8-10/h2-3,5,7-8H,4,6,13H2,1H3,(H,14,15). The molecule has 16 heavy (non-hydrogen) atoms. The molecule has 0 bridgehead atoms. The first-order valence-corrected chi connectivity index (χ1v) is 6.18. The van der Waals surface area contributed by atoms with Gasteiger partial charge in [-0.15, -0.1) is 0 Å². The molecule has 2 aromatic heterocycles. The molecule has 0 amide bonds. The van der Waals surface area contributed by atoms with Gasteiger partial charge < -0.3 is 11.1 Å². The van der Waals surface area contributed by atoms with Crippen molar-refractivity contribution in [2.24, 2.45) is 0 Å². The summed E-state index contributed by atoms with van der Waals surface area (Å²) < 4.78 is 0. The molecule has 2 heterocycles. The lowest BCUT2D eigenvalue weighted by molar-refractivity contribution is 1.01. The zero-order valence-corrected chi connectivity index (χ0v) is 10.1. The third-order valence-corrected chi connectivity index (χ3v) is 3.08. The number of anilines is 2. The highest BCUT2D eigenvalue weighted by molar-refractivity contribution is 7.07. The lowest BCUT2D eigenvalue weighted by Gasteiger charge is -2.08. The normalized spacial score (nSPS) is 10.3. The van der Waals surface area contributed by atoms with E-state index in [0.29, 0.717) is 5.69 Å². The molecule has 2 rings (SSSR count). The molecular weight excluding hydrogens is 218 g/mol. The number of hydrogen-bond acceptors (Lipinski definition) is 4. The molecule has 0 fully saturated rings. The number of nitrogens with zero attached hydrogens (tertiary/aromatic N) is 1. The molecule has 3 nitrogen and oxygen atoms in total. The van der Waals surface area contributed by atoms with E-state index in [2.05, 4.69) is 27.1 Å². The van der Waals surface area contributed by atoms with Gasteiger partial charge in [0, 0.05) is 12.2 Å². The van der Waals surface area contributed by atoms with E-state index in [1.165, 1.54) is 5.56 Å². The minimum Gasteiger partial charge on any atom is -0.396 e. The van der Waals surface area contributed by atoms with Crippen LogP contribution in [-0.4, -0.2) is 11.5 Å². The Labute approximate surface area is 99.3 Å². The molecule has 0 saturated carbocycles. The van der Waals surface area contributed by atoms with Gasteiger partial charge in [-0.3, -0.25) is 0 Å². The maximum atomic E-state index is 5.83. The summed E-state index contributed by atoms with van der Waals surface area (Å²) in [6, 6.07) is 5.94. The van der Waals surface area contributed by atoms with Crippen LogP contribution in [-0.2, 0) is 6.42 Å². The first-order valence-electron chi connectivity index (χ1n) is 5.24. The van der Waals surface area contributed by atoms with Crippen molar-refractivity contribution in [1.29, 1.82) is 0 Å². The fourth-order valence-electron chi connectivity index (χ4n) is 1.47. The van der Waals surface area contributed by atoms with Crippen LogP contribution < -0.4 is 11.1 Å². The van der Waals surface area contributed by atoms with Crippen molar-refractivity contribution >= 4 is 22.8 Å². The maximum Gasteiger partial charge on any atom is 0.149 e. The van der Waals surface area contributed by atoms with Gasteiger partial charge in [0.15, 0.2) is 0 Å². The van der Waals surface area contributed by atoms with Gasteiger partial charge in [0.2, 0.25) is 0 Å². The summed E-state index contributed by atoms with van der Waals surface area (Å²) in [6.45, 7) is 2.82. The van der Waals surface area contributed by atoms with E-state index in [0.717, 1.165) is 24.5 Å². The van der Waals surface area contributed by atoms with Crippen LogP contribution in [0.4, 0.5) is 11.5 Å². The summed E-state index contributed by atoms with van der Waals surface area (Å²) in [5, 5.41) is 7.51. The van der Waals surface area contributed by atoms with Crippen molar-refractivity contribution < 1.29 is 0 Å². The lowest BCUT2D eigenvalue weighted by atomic mass is 10.2. The van der Waals surface area contributed by atoms with E-state index in [1.807, 2.05) is 19.1 Å². The second-order valence-electron chi connectivity index (χ2n) is 3.70. The third-order valence-electron chi connectivity index (χ3n) is 2.35. The topological polar surface area (TPSA) is 50.9 Å². The molecule has 84 valence electrons. The van der Waals surface area contributed by atoms with Gasteiger partial charge in [0.25, 0.3) is 0 Å². The molecule has 0 unspecified atom stereocenters. The van der Waals surface area contributed by atoms with Crippen molar-refractivity contribution in [2.45, 2.75) is 13.3 Å². The molecule has 0 saturated heterocycles. The van der Waals surface area contributed by atoms with Gasteiger partial charge in [-0.1, -0.05) is 0 Å². The minimum absolute atomic E-state index is 0.705. The Hall–Kier alpha value is -1.55. The highest BCUT2D eigenvalue weighted by Crippen LogP contribution is 2.15. The quantitative estimate of drug-likeness (QED) is 0.853. The molecule has 0 aromatic carbocycles. The van der Waals surface area contributed by atoms with E-state index in [9.17, 15) is 0 Å². The number of thiophene rings is 1. The fraction of sp³-hybridized carbons (Fsp3) is 0.250. The van der Waals surface area contributed by atoms with Gasteiger partial charge in [-0.25, -0.2) is 4.98 Å². The first-order chi connectivity index (χ1) is 7.75. The summed E-state index contributed by atoms with van der Waals surface area (Å²) in [6.07, 6.45) is 0.999. The van der Waals surface area contributed by atoms with Gasteiger partial charge in [0.05, 0.1) is 5.69 Å². The van der Waals surface area contributed by atoms with Crippen LogP contribution in [0, 0.1) is 6.92 Å². The molecule has 0 spiro atoms. The Morgan fingerprint density at radius 3 is 3.00 bits per heavy atom. The number of nitrogens with two attached hydrogens (primary N) is 1. The number of pyridine rings is 1. The Balaban J connectivity index is 1.92. The molecule has 0 aliphatic carbocycles. The average Bonchev–Trinajstić information content (AvgIpc) is 2.76. The predicted octanol–water partition coefficient (Wildman–Crippen LogP) is 2.69. The largest absolute Gasteiger partial charge is 0.396 e. The Bertz CT molecular complexity index is 451. The fourth-order valence-corrected chi connectivity index (χ4v) is 2.17. The third kappa shape index (κ3) is 2.73. The number of aryl methyl sites for hydroxylation is 1. The van der Waals surface area contributed by atoms with Crippen LogP contribution in [0.5, 0.6) is 0 Å². The number of rotatable bonds is 4. The number of nitrogens with one attached hydrogen (secondary N) is 1. The van der Waals surface area contributed by atoms with Crippen LogP contribution >= 0.6 is 11.3 Å². The van der Waals surface area contributed by atoms with Crippen molar-refractivity contribution in [3.8, 4) is 0 Å².